The Labute approximate surface area is 207 Å². The number of aliphatic hydroxyl groups excluding tert-OH is 1. The molecule has 2 fully saturated rings. The largest absolute Gasteiger partial charge is 0.393 e. The van der Waals surface area contributed by atoms with Crippen molar-refractivity contribution in [3.63, 3.8) is 0 Å². The summed E-state index contributed by atoms with van der Waals surface area (Å²) < 4.78 is 0. The molecule has 1 unspecified atom stereocenters. The molecule has 3 aliphatic rings. The van der Waals surface area contributed by atoms with E-state index in [9.17, 15) is 9.90 Å². The number of aryl methyl sites for hydroxylation is 1. The number of rotatable bonds is 4. The van der Waals surface area contributed by atoms with Crippen molar-refractivity contribution in [2.45, 2.75) is 50.7 Å². The lowest BCUT2D eigenvalue weighted by atomic mass is 9.85. The first-order valence-corrected chi connectivity index (χ1v) is 13.3. The fourth-order valence-electron chi connectivity index (χ4n) is 6.41. The third-order valence-electron chi connectivity index (χ3n) is 8.40. The van der Waals surface area contributed by atoms with E-state index in [2.05, 4.69) is 68.2 Å². The molecule has 2 aromatic carbocycles. The van der Waals surface area contributed by atoms with Gasteiger partial charge in [-0.1, -0.05) is 24.3 Å². The fourth-order valence-corrected chi connectivity index (χ4v) is 6.41. The first-order chi connectivity index (χ1) is 17.2. The zero-order valence-electron chi connectivity index (χ0n) is 20.4. The molecule has 184 valence electrons. The van der Waals surface area contributed by atoms with Crippen LogP contribution < -0.4 is 9.80 Å². The average molecular weight is 473 g/mol. The second-order valence-corrected chi connectivity index (χ2v) is 10.5. The van der Waals surface area contributed by atoms with E-state index in [0.29, 0.717) is 0 Å². The van der Waals surface area contributed by atoms with Crippen LogP contribution in [0.25, 0.3) is 10.9 Å². The van der Waals surface area contributed by atoms with E-state index in [1.54, 1.807) is 0 Å². The average Bonchev–Trinajstić information content (AvgIpc) is 3.38. The van der Waals surface area contributed by atoms with Crippen LogP contribution in [0, 0.1) is 5.92 Å². The Hall–Kier alpha value is -2.83. The first kappa shape index (κ1) is 22.6. The van der Waals surface area contributed by atoms with E-state index < -0.39 is 0 Å². The third-order valence-corrected chi connectivity index (χ3v) is 8.40. The topological polar surface area (TPSA) is 62.8 Å². The standard InChI is InChI=1S/C29H36N4O2/c34-24-12-9-22(10-13-24)29(35)33-23(11-8-21-4-1-2-6-27(21)33)20-31-16-18-32(19-17-31)28-7-3-5-26-25(28)14-15-30-26/h1-7,14-15,22-24,30,34H,8-13,16-20H2. The summed E-state index contributed by atoms with van der Waals surface area (Å²) in [5, 5.41) is 11.2. The third kappa shape index (κ3) is 4.45. The SMILES string of the molecule is O=C(C1CCC(O)CC1)N1c2ccccc2CCC1CN1CCN(c2cccc3[nH]ccc23)CC1. The number of H-pyrrole nitrogens is 1. The van der Waals surface area contributed by atoms with Crippen LogP contribution in [0.4, 0.5) is 11.4 Å². The van der Waals surface area contributed by atoms with Crippen molar-refractivity contribution in [2.24, 2.45) is 5.92 Å². The van der Waals surface area contributed by atoms with Crippen LogP contribution in [0.2, 0.25) is 0 Å². The molecule has 1 aliphatic carbocycles. The van der Waals surface area contributed by atoms with Gasteiger partial charge in [0.1, 0.15) is 0 Å². The Bertz CT molecular complexity index is 1170. The van der Waals surface area contributed by atoms with Gasteiger partial charge in [0.05, 0.1) is 6.10 Å². The number of carbonyl (C=O) groups is 1. The molecule has 1 saturated carbocycles. The zero-order valence-corrected chi connectivity index (χ0v) is 20.4. The number of para-hydroxylation sites is 1. The number of hydrogen-bond donors (Lipinski definition) is 2. The van der Waals surface area contributed by atoms with Crippen LogP contribution in [-0.2, 0) is 11.2 Å². The predicted molar refractivity (Wildman–Crippen MR) is 141 cm³/mol. The summed E-state index contributed by atoms with van der Waals surface area (Å²) in [6.45, 7) is 4.95. The molecule has 6 rings (SSSR count). The highest BCUT2D eigenvalue weighted by Crippen LogP contribution is 2.35. The molecule has 0 bridgehead atoms. The fraction of sp³-hybridized carbons (Fsp3) is 0.483. The molecular formula is C29H36N4O2. The van der Waals surface area contributed by atoms with Crippen molar-refractivity contribution < 1.29 is 9.90 Å². The van der Waals surface area contributed by atoms with Crippen molar-refractivity contribution in [1.29, 1.82) is 0 Å². The molecule has 1 atom stereocenters. The molecule has 0 radical (unpaired) electrons. The highest BCUT2D eigenvalue weighted by Gasteiger charge is 2.37. The number of aliphatic hydroxyl groups is 1. The van der Waals surface area contributed by atoms with Crippen LogP contribution in [0.1, 0.15) is 37.7 Å². The summed E-state index contributed by atoms with van der Waals surface area (Å²) in [7, 11) is 0. The van der Waals surface area contributed by atoms with Gasteiger partial charge in [0.25, 0.3) is 0 Å². The maximum Gasteiger partial charge on any atom is 0.230 e. The van der Waals surface area contributed by atoms with Crippen molar-refractivity contribution in [2.75, 3.05) is 42.5 Å². The van der Waals surface area contributed by atoms with Crippen molar-refractivity contribution in [3.8, 4) is 0 Å². The Kier molecular flexibility index (Phi) is 6.25. The van der Waals surface area contributed by atoms with E-state index in [-0.39, 0.29) is 24.0 Å². The number of nitrogens with one attached hydrogen (secondary N) is 1. The van der Waals surface area contributed by atoms with Gasteiger partial charge in [0.15, 0.2) is 0 Å². The second kappa shape index (κ2) is 9.67. The van der Waals surface area contributed by atoms with E-state index in [4.69, 9.17) is 0 Å². The van der Waals surface area contributed by atoms with Gasteiger partial charge in [-0.3, -0.25) is 9.69 Å². The molecule has 35 heavy (non-hydrogen) atoms. The normalized spacial score (nSPS) is 25.6. The summed E-state index contributed by atoms with van der Waals surface area (Å²) in [5.41, 5.74) is 4.90. The minimum absolute atomic E-state index is 0.0331. The van der Waals surface area contributed by atoms with Gasteiger partial charge in [-0.05, 0) is 68.4 Å². The lowest BCUT2D eigenvalue weighted by molar-refractivity contribution is -0.124. The first-order valence-electron chi connectivity index (χ1n) is 13.3. The van der Waals surface area contributed by atoms with Gasteiger partial charge >= 0.3 is 0 Å². The quantitative estimate of drug-likeness (QED) is 0.598. The van der Waals surface area contributed by atoms with E-state index >= 15 is 0 Å². The minimum Gasteiger partial charge on any atom is -0.393 e. The summed E-state index contributed by atoms with van der Waals surface area (Å²) in [6.07, 6.45) is 6.91. The number of hydrogen-bond acceptors (Lipinski definition) is 4. The zero-order chi connectivity index (χ0) is 23.8. The molecule has 2 N–H and O–H groups in total. The number of carbonyl (C=O) groups excluding carboxylic acids is 1. The Balaban J connectivity index is 1.16. The van der Waals surface area contributed by atoms with Gasteiger partial charge < -0.3 is 19.9 Å². The van der Waals surface area contributed by atoms with E-state index in [1.807, 2.05) is 6.20 Å². The number of piperazine rings is 1. The Morgan fingerprint density at radius 3 is 2.49 bits per heavy atom. The smallest absolute Gasteiger partial charge is 0.230 e. The Morgan fingerprint density at radius 1 is 0.886 bits per heavy atom. The number of aromatic nitrogens is 1. The lowest BCUT2D eigenvalue weighted by Gasteiger charge is -2.44. The van der Waals surface area contributed by atoms with Crippen molar-refractivity contribution in [3.05, 3.63) is 60.3 Å². The number of benzene rings is 2. The predicted octanol–water partition coefficient (Wildman–Crippen LogP) is 4.19. The summed E-state index contributed by atoms with van der Waals surface area (Å²) >= 11 is 0. The van der Waals surface area contributed by atoms with Gasteiger partial charge in [0, 0.05) is 73.2 Å². The van der Waals surface area contributed by atoms with Crippen molar-refractivity contribution in [1.82, 2.24) is 9.88 Å². The number of aromatic amines is 1. The molecular weight excluding hydrogens is 436 g/mol. The van der Waals surface area contributed by atoms with Crippen LogP contribution in [0.5, 0.6) is 0 Å². The van der Waals surface area contributed by atoms with Gasteiger partial charge in [-0.25, -0.2) is 0 Å². The van der Waals surface area contributed by atoms with Crippen LogP contribution >= 0.6 is 0 Å². The molecule has 2 aliphatic heterocycles. The molecule has 1 amide bonds. The maximum absolute atomic E-state index is 13.8. The van der Waals surface area contributed by atoms with E-state index in [0.717, 1.165) is 76.9 Å². The minimum atomic E-state index is -0.239. The van der Waals surface area contributed by atoms with Crippen LogP contribution in [0.3, 0.4) is 0 Å². The van der Waals surface area contributed by atoms with Crippen molar-refractivity contribution >= 4 is 28.2 Å². The lowest BCUT2D eigenvalue weighted by Crippen LogP contribution is -2.55. The second-order valence-electron chi connectivity index (χ2n) is 10.5. The number of anilines is 2. The molecule has 6 heteroatoms. The number of nitrogens with zero attached hydrogens (tertiary/aromatic N) is 3. The number of fused-ring (bicyclic) bond motifs is 2. The van der Waals surface area contributed by atoms with E-state index in [1.165, 1.54) is 22.2 Å². The number of amides is 1. The van der Waals surface area contributed by atoms with Gasteiger partial charge in [0.2, 0.25) is 5.91 Å². The molecule has 1 aromatic heterocycles. The molecule has 6 nitrogen and oxygen atoms in total. The molecule has 0 spiro atoms. The van der Waals surface area contributed by atoms with Gasteiger partial charge in [-0.2, -0.15) is 0 Å². The summed E-state index contributed by atoms with van der Waals surface area (Å²) in [5.74, 6) is 0.303. The Morgan fingerprint density at radius 2 is 1.66 bits per heavy atom. The van der Waals surface area contributed by atoms with Crippen LogP contribution in [-0.4, -0.2) is 65.8 Å². The summed E-state index contributed by atoms with van der Waals surface area (Å²) in [4.78, 5) is 24.4. The highest BCUT2D eigenvalue weighted by molar-refractivity contribution is 5.97. The summed E-state index contributed by atoms with van der Waals surface area (Å²) in [6, 6.07) is 17.3. The highest BCUT2D eigenvalue weighted by atomic mass is 16.3. The van der Waals surface area contributed by atoms with Crippen LogP contribution in [0.15, 0.2) is 54.7 Å². The molecule has 1 saturated heterocycles. The molecule has 3 heterocycles. The van der Waals surface area contributed by atoms with Gasteiger partial charge in [-0.15, -0.1) is 0 Å². The monoisotopic (exact) mass is 472 g/mol. The molecule has 3 aromatic rings. The maximum atomic E-state index is 13.8.